The molecule has 0 saturated heterocycles. The summed E-state index contributed by atoms with van der Waals surface area (Å²) in [5.41, 5.74) is 3.67. The van der Waals surface area contributed by atoms with Crippen LogP contribution in [0.4, 0.5) is 5.69 Å². The Hall–Kier alpha value is -1.49. The van der Waals surface area contributed by atoms with Crippen molar-refractivity contribution in [3.63, 3.8) is 0 Å². The van der Waals surface area contributed by atoms with Gasteiger partial charge in [0.2, 0.25) is 0 Å². The van der Waals surface area contributed by atoms with Gasteiger partial charge in [0.15, 0.2) is 10.8 Å². The predicted molar refractivity (Wildman–Crippen MR) is 72.9 cm³/mol. The van der Waals surface area contributed by atoms with Crippen molar-refractivity contribution in [2.45, 2.75) is 13.8 Å². The van der Waals surface area contributed by atoms with E-state index in [2.05, 4.69) is 10.5 Å². The molecule has 1 aromatic carbocycles. The third-order valence-corrected chi connectivity index (χ3v) is 2.90. The quantitative estimate of drug-likeness (QED) is 0.497. The number of hydrazone groups is 1. The van der Waals surface area contributed by atoms with Crippen LogP contribution < -0.4 is 10.2 Å². The van der Waals surface area contributed by atoms with Crippen molar-refractivity contribution >= 4 is 28.3 Å². The Morgan fingerprint density at radius 1 is 1.41 bits per heavy atom. The van der Waals surface area contributed by atoms with Gasteiger partial charge in [0.25, 0.3) is 0 Å². The molecule has 0 atom stereocenters. The Bertz CT molecular complexity index is 401. The topological polar surface area (TPSA) is 50.7 Å². The first-order valence-electron chi connectivity index (χ1n) is 5.28. The molecule has 17 heavy (non-hydrogen) atoms. The number of methoxy groups -OCH3 is 1. The highest BCUT2D eigenvalue weighted by Crippen LogP contribution is 2.15. The molecule has 1 N–H and O–H groups in total. The summed E-state index contributed by atoms with van der Waals surface area (Å²) < 4.78 is 5.05. The number of Topliss-reactive ketones (excluding diaryl/α,β-unsaturated/α-hetero) is 1. The summed E-state index contributed by atoms with van der Waals surface area (Å²) in [6, 6.07) is 7.35. The molecule has 0 aliphatic rings. The maximum absolute atomic E-state index is 11.2. The molecular formula is C12H16N2O2S. The minimum absolute atomic E-state index is 0.0298. The molecule has 0 fully saturated rings. The number of carbonyl (C=O) groups is 1. The van der Waals surface area contributed by atoms with Gasteiger partial charge in [-0.25, -0.2) is 0 Å². The van der Waals surface area contributed by atoms with Gasteiger partial charge in [-0.2, -0.15) is 5.10 Å². The molecule has 0 radical (unpaired) electrons. The fourth-order valence-electron chi connectivity index (χ4n) is 1.13. The van der Waals surface area contributed by atoms with Crippen LogP contribution in [0, 0.1) is 0 Å². The van der Waals surface area contributed by atoms with E-state index in [9.17, 15) is 4.79 Å². The zero-order chi connectivity index (χ0) is 12.7. The van der Waals surface area contributed by atoms with Gasteiger partial charge in [-0.1, -0.05) is 6.92 Å². The van der Waals surface area contributed by atoms with Gasteiger partial charge < -0.3 is 4.74 Å². The fourth-order valence-corrected chi connectivity index (χ4v) is 1.72. The summed E-state index contributed by atoms with van der Waals surface area (Å²) in [6.07, 6.45) is 0. The van der Waals surface area contributed by atoms with Gasteiger partial charge in [0, 0.05) is 6.92 Å². The molecule has 5 heteroatoms. The van der Waals surface area contributed by atoms with E-state index in [0.717, 1.165) is 17.2 Å². The summed E-state index contributed by atoms with van der Waals surface area (Å²) in [6.45, 7) is 3.49. The highest BCUT2D eigenvalue weighted by Gasteiger charge is 2.04. The molecule has 4 nitrogen and oxygen atoms in total. The third-order valence-electron chi connectivity index (χ3n) is 1.96. The molecule has 1 rings (SSSR count). The summed E-state index contributed by atoms with van der Waals surface area (Å²) in [4.78, 5) is 11.2. The Morgan fingerprint density at radius 2 is 2.06 bits per heavy atom. The number of ether oxygens (including phenoxy) is 1. The lowest BCUT2D eigenvalue weighted by atomic mass is 10.3. The Balaban J connectivity index is 2.69. The number of anilines is 1. The van der Waals surface area contributed by atoms with Crippen molar-refractivity contribution in [1.29, 1.82) is 0 Å². The van der Waals surface area contributed by atoms with Crippen molar-refractivity contribution in [1.82, 2.24) is 0 Å². The monoisotopic (exact) mass is 252 g/mol. The molecule has 92 valence electrons. The van der Waals surface area contributed by atoms with Gasteiger partial charge in [-0.3, -0.25) is 10.2 Å². The number of hydrogen-bond acceptors (Lipinski definition) is 5. The average Bonchev–Trinajstić information content (AvgIpc) is 2.34. The lowest BCUT2D eigenvalue weighted by molar-refractivity contribution is -0.110. The smallest absolute Gasteiger partial charge is 0.186 e. The zero-order valence-electron chi connectivity index (χ0n) is 10.2. The van der Waals surface area contributed by atoms with Gasteiger partial charge in [-0.05, 0) is 30.0 Å². The van der Waals surface area contributed by atoms with Crippen molar-refractivity contribution < 1.29 is 9.53 Å². The molecule has 0 aliphatic heterocycles. The van der Waals surface area contributed by atoms with E-state index in [4.69, 9.17) is 4.74 Å². The van der Waals surface area contributed by atoms with Crippen LogP contribution in [0.3, 0.4) is 0 Å². The number of carbonyl (C=O) groups excluding carboxylic acids is 1. The third kappa shape index (κ3) is 4.48. The normalized spacial score (nSPS) is 11.1. The number of hydrogen-bond donors (Lipinski definition) is 1. The minimum Gasteiger partial charge on any atom is -0.497 e. The molecule has 0 saturated carbocycles. The van der Waals surface area contributed by atoms with E-state index >= 15 is 0 Å². The van der Waals surface area contributed by atoms with Gasteiger partial charge >= 0.3 is 0 Å². The first-order valence-corrected chi connectivity index (χ1v) is 6.27. The van der Waals surface area contributed by atoms with Crippen molar-refractivity contribution in [2.75, 3.05) is 18.3 Å². The SMILES string of the molecule is CCS/C(=N/Nc1ccc(OC)cc1)C(C)=O. The second-order valence-electron chi connectivity index (χ2n) is 3.25. The second-order valence-corrected chi connectivity index (χ2v) is 4.50. The highest BCUT2D eigenvalue weighted by molar-refractivity contribution is 8.15. The first-order chi connectivity index (χ1) is 8.17. The number of thioether (sulfide) groups is 1. The maximum Gasteiger partial charge on any atom is 0.186 e. The van der Waals surface area contributed by atoms with E-state index in [1.165, 1.54) is 18.7 Å². The largest absolute Gasteiger partial charge is 0.497 e. The zero-order valence-corrected chi connectivity index (χ0v) is 11.0. The molecular weight excluding hydrogens is 236 g/mol. The van der Waals surface area contributed by atoms with Crippen LogP contribution in [-0.2, 0) is 4.79 Å². The second kappa shape index (κ2) is 6.96. The molecule has 0 aromatic heterocycles. The summed E-state index contributed by atoms with van der Waals surface area (Å²) >= 11 is 1.42. The van der Waals surface area contributed by atoms with Gasteiger partial charge in [0.05, 0.1) is 12.8 Å². The number of rotatable bonds is 5. The van der Waals surface area contributed by atoms with Crippen LogP contribution in [0.15, 0.2) is 29.4 Å². The standard InChI is InChI=1S/C12H16N2O2S/c1-4-17-12(9(2)15)14-13-10-5-7-11(16-3)8-6-10/h5-8,13H,4H2,1-3H3/b14-12+. The van der Waals surface area contributed by atoms with Crippen LogP contribution in [0.1, 0.15) is 13.8 Å². The van der Waals surface area contributed by atoms with E-state index < -0.39 is 0 Å². The van der Waals surface area contributed by atoms with Crippen molar-refractivity contribution in [3.8, 4) is 5.75 Å². The van der Waals surface area contributed by atoms with E-state index in [1.54, 1.807) is 7.11 Å². The number of nitrogens with one attached hydrogen (secondary N) is 1. The molecule has 0 heterocycles. The van der Waals surface area contributed by atoms with Crippen molar-refractivity contribution in [3.05, 3.63) is 24.3 Å². The number of benzene rings is 1. The van der Waals surface area contributed by atoms with Crippen LogP contribution >= 0.6 is 11.8 Å². The molecule has 0 spiro atoms. The van der Waals surface area contributed by atoms with Crippen LogP contribution in [-0.4, -0.2) is 23.7 Å². The Labute approximate surface area is 105 Å². The molecule has 0 bridgehead atoms. The highest BCUT2D eigenvalue weighted by atomic mass is 32.2. The van der Waals surface area contributed by atoms with Gasteiger partial charge in [-0.15, -0.1) is 11.8 Å². The lowest BCUT2D eigenvalue weighted by Crippen LogP contribution is -2.08. The van der Waals surface area contributed by atoms with E-state index in [1.807, 2.05) is 31.2 Å². The van der Waals surface area contributed by atoms with E-state index in [0.29, 0.717) is 5.04 Å². The number of nitrogens with zero attached hydrogens (tertiary/aromatic N) is 1. The van der Waals surface area contributed by atoms with Gasteiger partial charge in [0.1, 0.15) is 5.75 Å². The summed E-state index contributed by atoms with van der Waals surface area (Å²) in [7, 11) is 1.62. The predicted octanol–water partition coefficient (Wildman–Crippen LogP) is 2.76. The lowest BCUT2D eigenvalue weighted by Gasteiger charge is -2.04. The maximum atomic E-state index is 11.2. The first kappa shape index (κ1) is 13.6. The number of ketones is 1. The molecule has 0 amide bonds. The minimum atomic E-state index is -0.0298. The summed E-state index contributed by atoms with van der Waals surface area (Å²) in [5.74, 6) is 1.58. The molecule has 0 aliphatic carbocycles. The Kier molecular flexibility index (Phi) is 5.56. The Morgan fingerprint density at radius 3 is 2.53 bits per heavy atom. The van der Waals surface area contributed by atoms with Crippen molar-refractivity contribution in [2.24, 2.45) is 5.10 Å². The van der Waals surface area contributed by atoms with Crippen LogP contribution in [0.2, 0.25) is 0 Å². The molecule has 1 aromatic rings. The van der Waals surface area contributed by atoms with Crippen LogP contribution in [0.25, 0.3) is 0 Å². The fraction of sp³-hybridized carbons (Fsp3) is 0.333. The van der Waals surface area contributed by atoms with E-state index in [-0.39, 0.29) is 5.78 Å². The molecule has 0 unspecified atom stereocenters. The average molecular weight is 252 g/mol. The van der Waals surface area contributed by atoms with Crippen LogP contribution in [0.5, 0.6) is 5.75 Å². The summed E-state index contributed by atoms with van der Waals surface area (Å²) in [5, 5.41) is 4.57.